The van der Waals surface area contributed by atoms with Gasteiger partial charge in [-0.25, -0.2) is 9.48 Å². The van der Waals surface area contributed by atoms with E-state index in [1.165, 1.54) is 11.1 Å². The third kappa shape index (κ3) is 5.36. The summed E-state index contributed by atoms with van der Waals surface area (Å²) < 4.78 is 3.44. The molecule has 8 heteroatoms. The molecule has 0 aliphatic carbocycles. The van der Waals surface area contributed by atoms with Gasteiger partial charge in [0.15, 0.2) is 5.96 Å². The number of rotatable bonds is 6. The van der Waals surface area contributed by atoms with Gasteiger partial charge in [-0.1, -0.05) is 24.3 Å². The highest BCUT2D eigenvalue weighted by Crippen LogP contribution is 2.10. The lowest BCUT2D eigenvalue weighted by molar-refractivity contribution is 0.468. The minimum Gasteiger partial charge on any atom is -0.356 e. The predicted octanol–water partition coefficient (Wildman–Crippen LogP) is 2.41. The normalized spacial score (nSPS) is 13.6. The summed E-state index contributed by atoms with van der Waals surface area (Å²) in [6.07, 6.45) is 3.94. The minimum absolute atomic E-state index is 0. The molecule has 0 atom stereocenters. The molecule has 7 nitrogen and oxygen atoms in total. The molecule has 1 aliphatic rings. The fourth-order valence-corrected chi connectivity index (χ4v) is 3.53. The lowest BCUT2D eigenvalue weighted by Crippen LogP contribution is -2.39. The summed E-state index contributed by atoms with van der Waals surface area (Å²) in [4.78, 5) is 18.8. The maximum absolute atomic E-state index is 12.4. The molecule has 28 heavy (non-hydrogen) atoms. The Balaban J connectivity index is 0.00000280. The number of aryl methyl sites for hydroxylation is 3. The number of hydrogen-bond acceptors (Lipinski definition) is 3. The zero-order valence-electron chi connectivity index (χ0n) is 17.0. The van der Waals surface area contributed by atoms with Gasteiger partial charge < -0.3 is 10.2 Å². The van der Waals surface area contributed by atoms with E-state index < -0.39 is 0 Å². The molecule has 0 amide bonds. The number of nitrogens with zero attached hydrogens (tertiary/aromatic N) is 5. The molecule has 0 saturated heterocycles. The minimum atomic E-state index is 0. The summed E-state index contributed by atoms with van der Waals surface area (Å²) in [6, 6.07) is 8.39. The SMILES string of the molecule is CN=C(NCCCn1nc2n(c1=O)CCCC2)N(C)Cc1ccccc1C.I. The molecule has 0 spiro atoms. The van der Waals surface area contributed by atoms with Gasteiger partial charge in [0.1, 0.15) is 5.82 Å². The Labute approximate surface area is 183 Å². The van der Waals surface area contributed by atoms with E-state index in [4.69, 9.17) is 0 Å². The summed E-state index contributed by atoms with van der Waals surface area (Å²) in [5.74, 6) is 1.79. The van der Waals surface area contributed by atoms with Gasteiger partial charge in [0.05, 0.1) is 0 Å². The van der Waals surface area contributed by atoms with Crippen LogP contribution in [0.5, 0.6) is 0 Å². The second kappa shape index (κ2) is 10.6. The van der Waals surface area contributed by atoms with Gasteiger partial charge >= 0.3 is 5.69 Å². The van der Waals surface area contributed by atoms with Crippen molar-refractivity contribution in [3.63, 3.8) is 0 Å². The Kier molecular flexibility index (Phi) is 8.53. The maximum Gasteiger partial charge on any atom is 0.345 e. The summed E-state index contributed by atoms with van der Waals surface area (Å²) in [5.41, 5.74) is 2.60. The van der Waals surface area contributed by atoms with Crippen LogP contribution in [0.15, 0.2) is 34.1 Å². The average Bonchev–Trinajstić information content (AvgIpc) is 3.00. The van der Waals surface area contributed by atoms with Crippen LogP contribution in [0, 0.1) is 6.92 Å². The van der Waals surface area contributed by atoms with Gasteiger partial charge in [-0.15, -0.1) is 24.0 Å². The van der Waals surface area contributed by atoms with Crippen molar-refractivity contribution < 1.29 is 0 Å². The number of halogens is 1. The van der Waals surface area contributed by atoms with Crippen LogP contribution in [0.2, 0.25) is 0 Å². The van der Waals surface area contributed by atoms with Crippen molar-refractivity contribution in [1.82, 2.24) is 24.6 Å². The number of fused-ring (bicyclic) bond motifs is 1. The third-order valence-corrected chi connectivity index (χ3v) is 5.10. The van der Waals surface area contributed by atoms with E-state index in [2.05, 4.69) is 51.5 Å². The average molecular weight is 498 g/mol. The van der Waals surface area contributed by atoms with Crippen molar-refractivity contribution in [1.29, 1.82) is 0 Å². The van der Waals surface area contributed by atoms with Crippen molar-refractivity contribution in [2.24, 2.45) is 4.99 Å². The van der Waals surface area contributed by atoms with E-state index in [-0.39, 0.29) is 29.7 Å². The molecule has 0 unspecified atom stereocenters. The molecule has 0 saturated carbocycles. The first kappa shape index (κ1) is 22.4. The molecule has 2 aromatic rings. The Bertz CT molecular complexity index is 857. The van der Waals surface area contributed by atoms with Crippen LogP contribution in [0.1, 0.15) is 36.2 Å². The van der Waals surface area contributed by atoms with E-state index >= 15 is 0 Å². The molecule has 1 aromatic heterocycles. The monoisotopic (exact) mass is 498 g/mol. The number of hydrogen-bond donors (Lipinski definition) is 1. The first-order valence-corrected chi connectivity index (χ1v) is 9.73. The Morgan fingerprint density at radius 1 is 1.32 bits per heavy atom. The second-order valence-corrected chi connectivity index (χ2v) is 7.14. The number of aromatic nitrogens is 3. The van der Waals surface area contributed by atoms with Crippen LogP contribution in [-0.4, -0.2) is 45.8 Å². The zero-order chi connectivity index (χ0) is 19.2. The smallest absolute Gasteiger partial charge is 0.345 e. The number of nitrogens with one attached hydrogen (secondary N) is 1. The Morgan fingerprint density at radius 2 is 2.11 bits per heavy atom. The van der Waals surface area contributed by atoms with E-state index in [0.29, 0.717) is 6.54 Å². The van der Waals surface area contributed by atoms with Crippen LogP contribution in [0.25, 0.3) is 0 Å². The summed E-state index contributed by atoms with van der Waals surface area (Å²) in [6.45, 7) is 5.12. The van der Waals surface area contributed by atoms with Crippen molar-refractivity contribution in [2.75, 3.05) is 20.6 Å². The van der Waals surface area contributed by atoms with Gasteiger partial charge in [-0.05, 0) is 37.3 Å². The fraction of sp³-hybridized carbons (Fsp3) is 0.550. The highest BCUT2D eigenvalue weighted by molar-refractivity contribution is 14.0. The van der Waals surface area contributed by atoms with Gasteiger partial charge in [-0.3, -0.25) is 9.56 Å². The van der Waals surface area contributed by atoms with Crippen LogP contribution >= 0.6 is 24.0 Å². The van der Waals surface area contributed by atoms with E-state index in [9.17, 15) is 4.79 Å². The van der Waals surface area contributed by atoms with E-state index in [1.54, 1.807) is 11.7 Å². The third-order valence-electron chi connectivity index (χ3n) is 5.10. The highest BCUT2D eigenvalue weighted by atomic mass is 127. The van der Waals surface area contributed by atoms with Gasteiger partial charge in [0.25, 0.3) is 0 Å². The van der Waals surface area contributed by atoms with Crippen LogP contribution in [0.4, 0.5) is 0 Å². The number of benzene rings is 1. The van der Waals surface area contributed by atoms with E-state index in [0.717, 1.165) is 57.1 Å². The second-order valence-electron chi connectivity index (χ2n) is 7.14. The summed E-state index contributed by atoms with van der Waals surface area (Å²) in [7, 11) is 3.83. The molecule has 154 valence electrons. The van der Waals surface area contributed by atoms with Crippen LogP contribution in [0.3, 0.4) is 0 Å². The standard InChI is InChI=1S/C20H30N6O.HI/c1-16-9-4-5-10-17(16)15-24(3)19(21-2)22-12-8-14-26-20(27)25-13-7-6-11-18(25)23-26;/h4-5,9-10H,6-8,11-15H2,1-3H3,(H,21,22);1H. The van der Waals surface area contributed by atoms with Crippen LogP contribution in [-0.2, 0) is 26.1 Å². The molecule has 1 N–H and O–H groups in total. The number of aliphatic imine (C=N–C) groups is 1. The summed E-state index contributed by atoms with van der Waals surface area (Å²) >= 11 is 0. The molecule has 1 aliphatic heterocycles. The van der Waals surface area contributed by atoms with Crippen molar-refractivity contribution in [3.8, 4) is 0 Å². The molecule has 2 heterocycles. The quantitative estimate of drug-likeness (QED) is 0.288. The van der Waals surface area contributed by atoms with Crippen LogP contribution < -0.4 is 11.0 Å². The zero-order valence-corrected chi connectivity index (χ0v) is 19.3. The van der Waals surface area contributed by atoms with Crippen molar-refractivity contribution in [3.05, 3.63) is 51.7 Å². The van der Waals surface area contributed by atoms with Crippen molar-refractivity contribution >= 4 is 29.9 Å². The van der Waals surface area contributed by atoms with E-state index in [1.807, 2.05) is 11.6 Å². The lowest BCUT2D eigenvalue weighted by atomic mass is 10.1. The predicted molar refractivity (Wildman–Crippen MR) is 123 cm³/mol. The Morgan fingerprint density at radius 3 is 2.82 bits per heavy atom. The van der Waals surface area contributed by atoms with Gasteiger partial charge in [0.2, 0.25) is 0 Å². The molecule has 1 aromatic carbocycles. The highest BCUT2D eigenvalue weighted by Gasteiger charge is 2.16. The summed E-state index contributed by atoms with van der Waals surface area (Å²) in [5, 5.41) is 7.87. The molecule has 3 rings (SSSR count). The Hall–Kier alpha value is -1.84. The molecular weight excluding hydrogens is 467 g/mol. The first-order chi connectivity index (χ1) is 13.1. The molecule has 0 fully saturated rings. The first-order valence-electron chi connectivity index (χ1n) is 9.73. The van der Waals surface area contributed by atoms with Gasteiger partial charge in [0, 0.05) is 46.7 Å². The molecule has 0 bridgehead atoms. The fourth-order valence-electron chi connectivity index (χ4n) is 3.53. The van der Waals surface area contributed by atoms with Crippen molar-refractivity contribution in [2.45, 2.75) is 52.2 Å². The maximum atomic E-state index is 12.4. The largest absolute Gasteiger partial charge is 0.356 e. The molecule has 0 radical (unpaired) electrons. The lowest BCUT2D eigenvalue weighted by Gasteiger charge is -2.23. The molecular formula is C20H31IN6O. The number of guanidine groups is 1. The van der Waals surface area contributed by atoms with Gasteiger partial charge in [-0.2, -0.15) is 5.10 Å². The topological polar surface area (TPSA) is 67.5 Å².